The van der Waals surface area contributed by atoms with Gasteiger partial charge in [-0.15, -0.1) is 11.3 Å². The maximum absolute atomic E-state index is 12.4. The van der Waals surface area contributed by atoms with E-state index < -0.39 is 9.84 Å². The lowest BCUT2D eigenvalue weighted by molar-refractivity contribution is -0.130. The second-order valence-corrected chi connectivity index (χ2v) is 10.4. The number of halogens is 1. The number of rotatable bonds is 5. The van der Waals surface area contributed by atoms with E-state index >= 15 is 0 Å². The first-order chi connectivity index (χ1) is 13.2. The number of carbonyl (C=O) groups excluding carboxylic acids is 2. The van der Waals surface area contributed by atoms with Gasteiger partial charge in [-0.3, -0.25) is 9.59 Å². The molecule has 1 aliphatic rings. The second kappa shape index (κ2) is 8.59. The molecule has 1 aliphatic heterocycles. The van der Waals surface area contributed by atoms with E-state index in [4.69, 9.17) is 11.6 Å². The van der Waals surface area contributed by atoms with E-state index in [1.807, 2.05) is 0 Å². The van der Waals surface area contributed by atoms with Gasteiger partial charge in [0.2, 0.25) is 5.91 Å². The molecule has 0 bridgehead atoms. The number of nitrogens with zero attached hydrogens (tertiary/aromatic N) is 2. The molecule has 10 heteroatoms. The van der Waals surface area contributed by atoms with Crippen molar-refractivity contribution in [2.45, 2.75) is 19.3 Å². The summed E-state index contributed by atoms with van der Waals surface area (Å²) in [6.07, 6.45) is 2.27. The van der Waals surface area contributed by atoms with Crippen molar-refractivity contribution in [3.63, 3.8) is 0 Å². The van der Waals surface area contributed by atoms with Gasteiger partial charge in [0.15, 0.2) is 5.01 Å². The van der Waals surface area contributed by atoms with Crippen molar-refractivity contribution in [3.8, 4) is 0 Å². The van der Waals surface area contributed by atoms with E-state index in [0.717, 1.165) is 16.8 Å². The van der Waals surface area contributed by atoms with Crippen molar-refractivity contribution >= 4 is 50.3 Å². The zero-order valence-corrected chi connectivity index (χ0v) is 17.7. The number of carbonyl (C=O) groups is 2. The van der Waals surface area contributed by atoms with Crippen LogP contribution >= 0.6 is 22.9 Å². The van der Waals surface area contributed by atoms with Gasteiger partial charge in [0.05, 0.1) is 11.4 Å². The number of thiazole rings is 1. The summed E-state index contributed by atoms with van der Waals surface area (Å²) in [4.78, 5) is 31.8. The molecular formula is C18H20ClN3O4S2. The highest BCUT2D eigenvalue weighted by molar-refractivity contribution is 7.90. The van der Waals surface area contributed by atoms with Crippen molar-refractivity contribution in [2.75, 3.05) is 30.4 Å². The first-order valence-electron chi connectivity index (χ1n) is 8.72. The molecule has 0 spiro atoms. The molecule has 0 fully saturated rings. The lowest BCUT2D eigenvalue weighted by Crippen LogP contribution is -2.34. The molecule has 2 aromatic rings. The van der Waals surface area contributed by atoms with Crippen LogP contribution in [0.5, 0.6) is 0 Å². The van der Waals surface area contributed by atoms with Crippen LogP contribution < -0.4 is 5.32 Å². The Labute approximate surface area is 172 Å². The zero-order valence-electron chi connectivity index (χ0n) is 15.3. The van der Waals surface area contributed by atoms with Crippen molar-refractivity contribution in [1.82, 2.24) is 9.88 Å². The predicted molar refractivity (Wildman–Crippen MR) is 110 cm³/mol. The molecule has 7 nitrogen and oxygen atoms in total. The molecule has 28 heavy (non-hydrogen) atoms. The Morgan fingerprint density at radius 1 is 1.21 bits per heavy atom. The Balaban J connectivity index is 1.61. The molecule has 150 valence electrons. The van der Waals surface area contributed by atoms with Crippen molar-refractivity contribution in [3.05, 3.63) is 44.9 Å². The largest absolute Gasteiger partial charge is 0.342 e. The Morgan fingerprint density at radius 3 is 2.57 bits per heavy atom. The summed E-state index contributed by atoms with van der Waals surface area (Å²) in [5.41, 5.74) is 1.46. The molecule has 0 unspecified atom stereocenters. The number of hydrogen-bond acceptors (Lipinski definition) is 6. The molecular weight excluding hydrogens is 422 g/mol. The SMILES string of the molecule is CS(=O)(=O)CCC(=O)N1CCc2nc(C(=O)Nc3ccc(Cl)cc3)sc2CC1. The van der Waals surface area contributed by atoms with Gasteiger partial charge in [0.1, 0.15) is 9.84 Å². The van der Waals surface area contributed by atoms with Gasteiger partial charge >= 0.3 is 0 Å². The number of hydrogen-bond donors (Lipinski definition) is 1. The van der Waals surface area contributed by atoms with E-state index in [9.17, 15) is 18.0 Å². The Kier molecular flexibility index (Phi) is 6.36. The molecule has 2 heterocycles. The van der Waals surface area contributed by atoms with Gasteiger partial charge in [-0.2, -0.15) is 0 Å². The molecule has 1 aromatic carbocycles. The van der Waals surface area contributed by atoms with Crippen LogP contribution in [0.3, 0.4) is 0 Å². The van der Waals surface area contributed by atoms with Gasteiger partial charge < -0.3 is 10.2 Å². The van der Waals surface area contributed by atoms with Crippen molar-refractivity contribution in [1.29, 1.82) is 0 Å². The molecule has 3 rings (SSSR count). The minimum absolute atomic E-state index is 0.00530. The third-order valence-corrected chi connectivity index (χ3v) is 6.70. The normalized spacial score (nSPS) is 14.3. The Hall–Kier alpha value is -1.97. The Morgan fingerprint density at radius 2 is 1.89 bits per heavy atom. The monoisotopic (exact) mass is 441 g/mol. The molecule has 1 aromatic heterocycles. The third-order valence-electron chi connectivity index (χ3n) is 4.34. The summed E-state index contributed by atoms with van der Waals surface area (Å²) < 4.78 is 22.5. The smallest absolute Gasteiger partial charge is 0.284 e. The number of aromatic nitrogens is 1. The average Bonchev–Trinajstić information content (AvgIpc) is 2.94. The van der Waals surface area contributed by atoms with Gasteiger partial charge in [-0.1, -0.05) is 11.6 Å². The number of amides is 2. The molecule has 0 radical (unpaired) electrons. The van der Waals surface area contributed by atoms with Crippen LogP contribution in [0.2, 0.25) is 5.02 Å². The molecule has 0 saturated heterocycles. The maximum Gasteiger partial charge on any atom is 0.284 e. The Bertz CT molecular complexity index is 961. The molecule has 0 atom stereocenters. The summed E-state index contributed by atoms with van der Waals surface area (Å²) in [6.45, 7) is 0.966. The molecule has 0 saturated carbocycles. The van der Waals surface area contributed by atoms with Crippen LogP contribution in [0, 0.1) is 0 Å². The fourth-order valence-corrected chi connectivity index (χ4v) is 4.52. The fourth-order valence-electron chi connectivity index (χ4n) is 2.86. The first kappa shape index (κ1) is 20.8. The summed E-state index contributed by atoms with van der Waals surface area (Å²) in [6, 6.07) is 6.84. The van der Waals surface area contributed by atoms with E-state index in [-0.39, 0.29) is 24.0 Å². The topological polar surface area (TPSA) is 96.4 Å². The van der Waals surface area contributed by atoms with E-state index in [1.54, 1.807) is 29.2 Å². The summed E-state index contributed by atoms with van der Waals surface area (Å²) in [5.74, 6) is -0.583. The maximum atomic E-state index is 12.4. The number of benzene rings is 1. The standard InChI is InChI=1S/C18H20ClN3O4S2/c1-28(25,26)11-8-16(23)22-9-6-14-15(7-10-22)27-18(21-14)17(24)20-13-4-2-12(19)3-5-13/h2-5H,6-11H2,1H3,(H,20,24). The van der Waals surface area contributed by atoms with Crippen molar-refractivity contribution < 1.29 is 18.0 Å². The summed E-state index contributed by atoms with van der Waals surface area (Å²) in [7, 11) is -3.16. The highest BCUT2D eigenvalue weighted by Crippen LogP contribution is 2.24. The van der Waals surface area contributed by atoms with Crippen LogP contribution in [0.1, 0.15) is 26.8 Å². The van der Waals surface area contributed by atoms with Crippen LogP contribution in [0.4, 0.5) is 5.69 Å². The van der Waals surface area contributed by atoms with E-state index in [1.165, 1.54) is 11.3 Å². The summed E-state index contributed by atoms with van der Waals surface area (Å²) >= 11 is 7.17. The second-order valence-electron chi connectivity index (χ2n) is 6.61. The van der Waals surface area contributed by atoms with Crippen molar-refractivity contribution in [2.24, 2.45) is 0 Å². The quantitative estimate of drug-likeness (QED) is 0.768. The first-order valence-corrected chi connectivity index (χ1v) is 12.0. The summed E-state index contributed by atoms with van der Waals surface area (Å²) in [5, 5.41) is 3.78. The lowest BCUT2D eigenvalue weighted by Gasteiger charge is -2.19. The molecule has 1 N–H and O–H groups in total. The molecule has 0 aliphatic carbocycles. The highest BCUT2D eigenvalue weighted by atomic mass is 35.5. The lowest BCUT2D eigenvalue weighted by atomic mass is 10.2. The number of anilines is 1. The minimum Gasteiger partial charge on any atom is -0.342 e. The zero-order chi connectivity index (χ0) is 20.3. The fraction of sp³-hybridized carbons (Fsp3) is 0.389. The van der Waals surface area contributed by atoms with Gasteiger partial charge in [0, 0.05) is 54.2 Å². The van der Waals surface area contributed by atoms with Gasteiger partial charge in [-0.05, 0) is 24.3 Å². The molecule has 2 amide bonds. The van der Waals surface area contributed by atoms with Gasteiger partial charge in [0.25, 0.3) is 5.91 Å². The third kappa shape index (κ3) is 5.52. The van der Waals surface area contributed by atoms with Crippen LogP contribution in [0.15, 0.2) is 24.3 Å². The van der Waals surface area contributed by atoms with Crippen LogP contribution in [-0.2, 0) is 27.5 Å². The number of sulfone groups is 1. The minimum atomic E-state index is -3.16. The predicted octanol–water partition coefficient (Wildman–Crippen LogP) is 2.41. The van der Waals surface area contributed by atoms with Crippen LogP contribution in [0.25, 0.3) is 0 Å². The average molecular weight is 442 g/mol. The van der Waals surface area contributed by atoms with Crippen LogP contribution in [-0.4, -0.2) is 55.2 Å². The number of fused-ring (bicyclic) bond motifs is 1. The number of nitrogens with one attached hydrogen (secondary N) is 1. The van der Waals surface area contributed by atoms with Gasteiger partial charge in [-0.25, -0.2) is 13.4 Å². The highest BCUT2D eigenvalue weighted by Gasteiger charge is 2.23. The van der Waals surface area contributed by atoms with E-state index in [2.05, 4.69) is 10.3 Å². The van der Waals surface area contributed by atoms with E-state index in [0.29, 0.717) is 41.6 Å².